The zero-order valence-corrected chi connectivity index (χ0v) is 16.8. The third-order valence-electron chi connectivity index (χ3n) is 4.06. The minimum Gasteiger partial charge on any atom is -0.497 e. The molecular formula is C20H20N2O5S. The summed E-state index contributed by atoms with van der Waals surface area (Å²) < 4.78 is 21.1. The molecule has 1 amide bonds. The molecule has 1 heterocycles. The fourth-order valence-electron chi connectivity index (χ4n) is 2.63. The summed E-state index contributed by atoms with van der Waals surface area (Å²) in [6.45, 7) is 0. The molecule has 28 heavy (non-hydrogen) atoms. The molecule has 0 atom stereocenters. The number of thiazole rings is 1. The lowest BCUT2D eigenvalue weighted by atomic mass is 10.1. The van der Waals surface area contributed by atoms with Crippen LogP contribution in [0.15, 0.2) is 41.8 Å². The minimum absolute atomic E-state index is 0.339. The second kappa shape index (κ2) is 8.62. The van der Waals surface area contributed by atoms with Gasteiger partial charge in [0.25, 0.3) is 5.91 Å². The van der Waals surface area contributed by atoms with Crippen molar-refractivity contribution in [3.63, 3.8) is 0 Å². The molecule has 1 aromatic heterocycles. The highest BCUT2D eigenvalue weighted by Crippen LogP contribution is 2.35. The molecule has 8 heteroatoms. The molecule has 0 aliphatic carbocycles. The lowest BCUT2D eigenvalue weighted by Gasteiger charge is -2.10. The van der Waals surface area contributed by atoms with E-state index in [1.807, 2.05) is 23.6 Å². The molecule has 0 aliphatic heterocycles. The lowest BCUT2D eigenvalue weighted by Crippen LogP contribution is -2.13. The molecule has 7 nitrogen and oxygen atoms in total. The van der Waals surface area contributed by atoms with E-state index < -0.39 is 0 Å². The number of ether oxygens (including phenoxy) is 4. The van der Waals surface area contributed by atoms with Gasteiger partial charge >= 0.3 is 0 Å². The van der Waals surface area contributed by atoms with Gasteiger partial charge in [-0.15, -0.1) is 11.3 Å². The predicted molar refractivity (Wildman–Crippen MR) is 108 cm³/mol. The van der Waals surface area contributed by atoms with Gasteiger partial charge in [-0.2, -0.15) is 0 Å². The summed E-state index contributed by atoms with van der Waals surface area (Å²) in [5.74, 6) is 2.03. The first kappa shape index (κ1) is 19.5. The Morgan fingerprint density at radius 2 is 1.54 bits per heavy atom. The molecule has 1 N–H and O–H groups in total. The van der Waals surface area contributed by atoms with Crippen LogP contribution in [0, 0.1) is 0 Å². The number of amides is 1. The van der Waals surface area contributed by atoms with E-state index in [1.54, 1.807) is 32.4 Å². The topological polar surface area (TPSA) is 78.9 Å². The van der Waals surface area contributed by atoms with Crippen molar-refractivity contribution in [2.45, 2.75) is 0 Å². The number of benzene rings is 2. The highest BCUT2D eigenvalue weighted by molar-refractivity contribution is 7.14. The van der Waals surface area contributed by atoms with Gasteiger partial charge in [0.15, 0.2) is 5.13 Å². The van der Waals surface area contributed by atoms with Crippen molar-refractivity contribution >= 4 is 22.4 Å². The molecule has 2 aromatic carbocycles. The number of aromatic nitrogens is 1. The Bertz CT molecular complexity index is 986. The van der Waals surface area contributed by atoms with Crippen LogP contribution in [0.1, 0.15) is 10.4 Å². The number of nitrogens with one attached hydrogen (secondary N) is 1. The smallest absolute Gasteiger partial charge is 0.261 e. The van der Waals surface area contributed by atoms with Gasteiger partial charge in [-0.1, -0.05) is 0 Å². The Morgan fingerprint density at radius 1 is 0.893 bits per heavy atom. The summed E-state index contributed by atoms with van der Waals surface area (Å²) in [6, 6.07) is 10.5. The van der Waals surface area contributed by atoms with Gasteiger partial charge in [-0.3, -0.25) is 10.1 Å². The lowest BCUT2D eigenvalue weighted by molar-refractivity contribution is 0.102. The zero-order chi connectivity index (χ0) is 20.1. The monoisotopic (exact) mass is 400 g/mol. The normalized spacial score (nSPS) is 10.3. The first-order chi connectivity index (χ1) is 13.6. The van der Waals surface area contributed by atoms with Crippen LogP contribution in [0.5, 0.6) is 23.0 Å². The average molecular weight is 400 g/mol. The van der Waals surface area contributed by atoms with E-state index in [2.05, 4.69) is 10.3 Å². The Balaban J connectivity index is 1.87. The van der Waals surface area contributed by atoms with Crippen LogP contribution in [0.4, 0.5) is 5.13 Å². The summed E-state index contributed by atoms with van der Waals surface area (Å²) in [5, 5.41) is 5.10. The molecule has 0 saturated heterocycles. The molecular weight excluding hydrogens is 380 g/mol. The molecule has 146 valence electrons. The fourth-order valence-corrected chi connectivity index (χ4v) is 3.33. The Kier molecular flexibility index (Phi) is 6.00. The average Bonchev–Trinajstić information content (AvgIpc) is 3.20. The Labute approximate surface area is 166 Å². The summed E-state index contributed by atoms with van der Waals surface area (Å²) >= 11 is 1.31. The number of carbonyl (C=O) groups excluding carboxylic acids is 1. The van der Waals surface area contributed by atoms with E-state index >= 15 is 0 Å². The second-order valence-corrected chi connectivity index (χ2v) is 6.48. The van der Waals surface area contributed by atoms with Crippen LogP contribution in [0.3, 0.4) is 0 Å². The van der Waals surface area contributed by atoms with Crippen LogP contribution in [0.2, 0.25) is 0 Å². The van der Waals surface area contributed by atoms with Crippen molar-refractivity contribution in [1.29, 1.82) is 0 Å². The number of carbonyl (C=O) groups is 1. The molecule has 0 spiro atoms. The second-order valence-electron chi connectivity index (χ2n) is 5.62. The molecule has 0 saturated carbocycles. The van der Waals surface area contributed by atoms with E-state index in [9.17, 15) is 4.79 Å². The predicted octanol–water partition coefficient (Wildman–Crippen LogP) is 4.10. The van der Waals surface area contributed by atoms with Crippen LogP contribution in [-0.4, -0.2) is 39.3 Å². The highest BCUT2D eigenvalue weighted by atomic mass is 32.1. The largest absolute Gasteiger partial charge is 0.497 e. The number of rotatable bonds is 7. The van der Waals surface area contributed by atoms with Gasteiger partial charge < -0.3 is 18.9 Å². The minimum atomic E-state index is -0.339. The van der Waals surface area contributed by atoms with Gasteiger partial charge in [-0.05, 0) is 36.4 Å². The van der Waals surface area contributed by atoms with Gasteiger partial charge in [-0.25, -0.2) is 4.98 Å². The van der Waals surface area contributed by atoms with Crippen LogP contribution in [-0.2, 0) is 0 Å². The quantitative estimate of drug-likeness (QED) is 0.643. The summed E-state index contributed by atoms with van der Waals surface area (Å²) in [4.78, 5) is 17.2. The van der Waals surface area contributed by atoms with Crippen molar-refractivity contribution in [3.05, 3.63) is 47.3 Å². The van der Waals surface area contributed by atoms with Gasteiger partial charge in [0, 0.05) is 10.9 Å². The molecule has 3 aromatic rings. The summed E-state index contributed by atoms with van der Waals surface area (Å²) in [7, 11) is 6.24. The number of nitrogens with zero attached hydrogens (tertiary/aromatic N) is 1. The van der Waals surface area contributed by atoms with Crippen molar-refractivity contribution in [3.8, 4) is 34.3 Å². The molecule has 0 fully saturated rings. The van der Waals surface area contributed by atoms with Gasteiger partial charge in [0.2, 0.25) is 0 Å². The summed E-state index contributed by atoms with van der Waals surface area (Å²) in [5.41, 5.74) is 1.81. The SMILES string of the molecule is COc1ccc(OC)c(C(=O)Nc2nc(-c3cc(OC)ccc3OC)cs2)c1. The highest BCUT2D eigenvalue weighted by Gasteiger charge is 2.17. The maximum Gasteiger partial charge on any atom is 0.261 e. The Hall–Kier alpha value is -3.26. The first-order valence-corrected chi connectivity index (χ1v) is 9.19. The maximum absolute atomic E-state index is 12.7. The molecule has 0 unspecified atom stereocenters. The molecule has 3 rings (SSSR count). The van der Waals surface area contributed by atoms with Crippen LogP contribution in [0.25, 0.3) is 11.3 Å². The van der Waals surface area contributed by atoms with E-state index in [4.69, 9.17) is 18.9 Å². The first-order valence-electron chi connectivity index (χ1n) is 8.31. The number of anilines is 1. The standard InChI is InChI=1S/C20H20N2O5S/c1-24-12-5-7-17(26-3)14(9-12)16-11-28-20(21-16)22-19(23)15-10-13(25-2)6-8-18(15)27-4/h5-11H,1-4H3,(H,21,22,23). The van der Waals surface area contributed by atoms with E-state index in [-0.39, 0.29) is 5.91 Å². The number of hydrogen-bond donors (Lipinski definition) is 1. The molecule has 0 bridgehead atoms. The Morgan fingerprint density at radius 3 is 2.18 bits per heavy atom. The third-order valence-corrected chi connectivity index (χ3v) is 4.82. The molecule has 0 aliphatic rings. The van der Waals surface area contributed by atoms with Gasteiger partial charge in [0.05, 0.1) is 39.7 Å². The molecule has 0 radical (unpaired) electrons. The van der Waals surface area contributed by atoms with E-state index in [0.717, 1.165) is 5.56 Å². The van der Waals surface area contributed by atoms with Crippen molar-refractivity contribution in [2.24, 2.45) is 0 Å². The number of hydrogen-bond acceptors (Lipinski definition) is 7. The van der Waals surface area contributed by atoms with Crippen molar-refractivity contribution in [1.82, 2.24) is 4.98 Å². The summed E-state index contributed by atoms with van der Waals surface area (Å²) in [6.07, 6.45) is 0. The number of methoxy groups -OCH3 is 4. The third kappa shape index (κ3) is 4.01. The van der Waals surface area contributed by atoms with E-state index in [0.29, 0.717) is 39.4 Å². The van der Waals surface area contributed by atoms with E-state index in [1.165, 1.54) is 25.6 Å². The fraction of sp³-hybridized carbons (Fsp3) is 0.200. The van der Waals surface area contributed by atoms with Gasteiger partial charge in [0.1, 0.15) is 23.0 Å². The zero-order valence-electron chi connectivity index (χ0n) is 15.9. The van der Waals surface area contributed by atoms with Crippen molar-refractivity contribution in [2.75, 3.05) is 33.8 Å². The maximum atomic E-state index is 12.7. The van der Waals surface area contributed by atoms with Crippen LogP contribution >= 0.6 is 11.3 Å². The van der Waals surface area contributed by atoms with Crippen molar-refractivity contribution < 1.29 is 23.7 Å². The van der Waals surface area contributed by atoms with Crippen LogP contribution < -0.4 is 24.3 Å².